The van der Waals surface area contributed by atoms with Crippen molar-refractivity contribution in [2.75, 3.05) is 14.2 Å². The van der Waals surface area contributed by atoms with Gasteiger partial charge in [0.2, 0.25) is 5.82 Å². The third-order valence-electron chi connectivity index (χ3n) is 1.97. The molecule has 1 aromatic carbocycles. The van der Waals surface area contributed by atoms with Crippen LogP contribution in [0.25, 0.3) is 11.4 Å². The van der Waals surface area contributed by atoms with Gasteiger partial charge in [0.05, 0.1) is 19.8 Å². The fraction of sp³-hybridized carbons (Fsp3) is 0.200. The van der Waals surface area contributed by atoms with Crippen molar-refractivity contribution >= 4 is 0 Å². The van der Waals surface area contributed by atoms with Crippen LogP contribution in [0.4, 0.5) is 0 Å². The summed E-state index contributed by atoms with van der Waals surface area (Å²) in [6, 6.07) is 5.36. The molecule has 0 aliphatic heterocycles. The molecule has 0 aliphatic rings. The maximum absolute atomic E-state index is 5.18. The Bertz CT molecular complexity index is 440. The second-order valence-corrected chi connectivity index (χ2v) is 2.78. The Kier molecular flexibility index (Phi) is 2.53. The van der Waals surface area contributed by atoms with E-state index in [4.69, 9.17) is 9.47 Å². The van der Waals surface area contributed by atoms with Crippen LogP contribution in [0.3, 0.4) is 0 Å². The third-order valence-corrected chi connectivity index (χ3v) is 1.97. The number of rotatable bonds is 3. The third kappa shape index (κ3) is 1.76. The Morgan fingerprint density at radius 1 is 1.27 bits per heavy atom. The molecule has 0 aliphatic carbocycles. The van der Waals surface area contributed by atoms with E-state index >= 15 is 0 Å². The SMILES string of the molecule is COc1ccc(OC)c(-c2n[c]on2)c1. The van der Waals surface area contributed by atoms with Crippen LogP contribution in [0.2, 0.25) is 0 Å². The summed E-state index contributed by atoms with van der Waals surface area (Å²) in [7, 11) is 3.17. The molecule has 5 nitrogen and oxygen atoms in total. The Hall–Kier alpha value is -2.04. The first kappa shape index (κ1) is 9.51. The molecule has 0 spiro atoms. The highest BCUT2D eigenvalue weighted by Crippen LogP contribution is 2.30. The molecule has 0 atom stereocenters. The van der Waals surface area contributed by atoms with Gasteiger partial charge >= 0.3 is 6.39 Å². The Labute approximate surface area is 86.6 Å². The zero-order valence-corrected chi connectivity index (χ0v) is 8.35. The lowest BCUT2D eigenvalue weighted by Gasteiger charge is -2.06. The van der Waals surface area contributed by atoms with Gasteiger partial charge in [-0.1, -0.05) is 5.16 Å². The van der Waals surface area contributed by atoms with Crippen LogP contribution in [-0.2, 0) is 0 Å². The molecule has 0 amide bonds. The van der Waals surface area contributed by atoms with Crippen molar-refractivity contribution in [2.24, 2.45) is 0 Å². The van der Waals surface area contributed by atoms with Crippen LogP contribution >= 0.6 is 0 Å². The normalized spacial score (nSPS) is 10.0. The van der Waals surface area contributed by atoms with E-state index in [1.165, 1.54) is 0 Å². The van der Waals surface area contributed by atoms with Gasteiger partial charge < -0.3 is 14.0 Å². The molecule has 2 rings (SSSR count). The average Bonchev–Trinajstić information content (AvgIpc) is 2.81. The summed E-state index contributed by atoms with van der Waals surface area (Å²) in [4.78, 5) is 3.83. The Morgan fingerprint density at radius 2 is 2.13 bits per heavy atom. The fourth-order valence-electron chi connectivity index (χ4n) is 1.25. The van der Waals surface area contributed by atoms with E-state index in [1.54, 1.807) is 32.4 Å². The Balaban J connectivity index is 2.52. The molecule has 0 fully saturated rings. The van der Waals surface area contributed by atoms with Crippen LogP contribution in [-0.4, -0.2) is 24.4 Å². The molecule has 15 heavy (non-hydrogen) atoms. The predicted molar refractivity (Wildman–Crippen MR) is 51.7 cm³/mol. The summed E-state index contributed by atoms with van der Waals surface area (Å²) in [5.74, 6) is 1.78. The maximum atomic E-state index is 5.18. The zero-order chi connectivity index (χ0) is 10.7. The standard InChI is InChI=1S/C10H9N2O3/c1-13-7-3-4-9(14-2)8(5-7)10-11-6-15-12-10/h3-5H,1-2H3. The number of methoxy groups -OCH3 is 2. The van der Waals surface area contributed by atoms with Crippen molar-refractivity contribution in [1.29, 1.82) is 0 Å². The summed E-state index contributed by atoms with van der Waals surface area (Å²) in [6.45, 7) is 0. The van der Waals surface area contributed by atoms with E-state index < -0.39 is 0 Å². The van der Waals surface area contributed by atoms with E-state index in [9.17, 15) is 0 Å². The fourth-order valence-corrected chi connectivity index (χ4v) is 1.25. The molecular formula is C10H9N2O3. The summed E-state index contributed by atoms with van der Waals surface area (Å²) in [5, 5.41) is 3.69. The minimum absolute atomic E-state index is 0.422. The van der Waals surface area contributed by atoms with Crippen molar-refractivity contribution < 1.29 is 14.0 Å². The molecule has 0 saturated carbocycles. The first-order chi connectivity index (χ1) is 7.35. The van der Waals surface area contributed by atoms with Crippen molar-refractivity contribution in [2.45, 2.75) is 0 Å². The lowest BCUT2D eigenvalue weighted by Crippen LogP contribution is -1.91. The molecule has 0 bridgehead atoms. The maximum Gasteiger partial charge on any atom is 0.316 e. The molecule has 0 saturated heterocycles. The van der Waals surface area contributed by atoms with E-state index in [0.717, 1.165) is 0 Å². The largest absolute Gasteiger partial charge is 0.497 e. The summed E-state index contributed by atoms with van der Waals surface area (Å²) in [6.07, 6.45) is 2.28. The van der Waals surface area contributed by atoms with Crippen molar-refractivity contribution in [3.8, 4) is 22.9 Å². The first-order valence-electron chi connectivity index (χ1n) is 4.27. The lowest BCUT2D eigenvalue weighted by molar-refractivity contribution is 0.401. The topological polar surface area (TPSA) is 57.4 Å². The summed E-state index contributed by atoms with van der Waals surface area (Å²) in [5.41, 5.74) is 0.710. The lowest BCUT2D eigenvalue weighted by atomic mass is 10.2. The molecule has 5 heteroatoms. The molecule has 77 valence electrons. The zero-order valence-electron chi connectivity index (χ0n) is 8.35. The highest BCUT2D eigenvalue weighted by molar-refractivity contribution is 5.65. The smallest absolute Gasteiger partial charge is 0.316 e. The quantitative estimate of drug-likeness (QED) is 0.760. The van der Waals surface area contributed by atoms with Crippen LogP contribution in [0.1, 0.15) is 0 Å². The van der Waals surface area contributed by atoms with E-state index in [2.05, 4.69) is 21.1 Å². The van der Waals surface area contributed by atoms with Crippen LogP contribution in [0.5, 0.6) is 11.5 Å². The van der Waals surface area contributed by atoms with Gasteiger partial charge in [0.1, 0.15) is 11.5 Å². The molecule has 0 N–H and O–H groups in total. The summed E-state index contributed by atoms with van der Waals surface area (Å²) >= 11 is 0. The number of ether oxygens (including phenoxy) is 2. The van der Waals surface area contributed by atoms with Gasteiger partial charge in [-0.05, 0) is 18.2 Å². The van der Waals surface area contributed by atoms with Crippen molar-refractivity contribution in [3.63, 3.8) is 0 Å². The number of nitrogens with zero attached hydrogens (tertiary/aromatic N) is 2. The highest BCUT2D eigenvalue weighted by Gasteiger charge is 2.11. The Morgan fingerprint density at radius 3 is 2.73 bits per heavy atom. The van der Waals surface area contributed by atoms with Crippen LogP contribution < -0.4 is 9.47 Å². The van der Waals surface area contributed by atoms with E-state index in [1.807, 2.05) is 0 Å². The molecule has 2 aromatic rings. The van der Waals surface area contributed by atoms with Gasteiger partial charge in [-0.15, -0.1) is 0 Å². The minimum atomic E-state index is 0.422. The molecule has 1 heterocycles. The van der Waals surface area contributed by atoms with Gasteiger partial charge in [0.25, 0.3) is 0 Å². The van der Waals surface area contributed by atoms with Gasteiger partial charge in [-0.25, -0.2) is 0 Å². The van der Waals surface area contributed by atoms with Crippen LogP contribution in [0.15, 0.2) is 22.7 Å². The average molecular weight is 205 g/mol. The van der Waals surface area contributed by atoms with Gasteiger partial charge in [-0.2, -0.15) is 4.98 Å². The second-order valence-electron chi connectivity index (χ2n) is 2.78. The van der Waals surface area contributed by atoms with Gasteiger partial charge in [0, 0.05) is 0 Å². The van der Waals surface area contributed by atoms with Crippen LogP contribution in [0, 0.1) is 6.39 Å². The van der Waals surface area contributed by atoms with Gasteiger partial charge in [-0.3, -0.25) is 0 Å². The van der Waals surface area contributed by atoms with Crippen molar-refractivity contribution in [1.82, 2.24) is 10.1 Å². The number of benzene rings is 1. The summed E-state index contributed by atoms with van der Waals surface area (Å²) < 4.78 is 14.8. The number of hydrogen-bond acceptors (Lipinski definition) is 5. The van der Waals surface area contributed by atoms with Crippen molar-refractivity contribution in [3.05, 3.63) is 24.6 Å². The molecule has 1 aromatic heterocycles. The second kappa shape index (κ2) is 4.00. The predicted octanol–water partition coefficient (Wildman–Crippen LogP) is 1.55. The molecular weight excluding hydrogens is 196 g/mol. The van der Waals surface area contributed by atoms with E-state index in [-0.39, 0.29) is 0 Å². The number of aromatic nitrogens is 2. The first-order valence-corrected chi connectivity index (χ1v) is 4.27. The minimum Gasteiger partial charge on any atom is -0.497 e. The monoisotopic (exact) mass is 205 g/mol. The molecule has 0 unspecified atom stereocenters. The highest BCUT2D eigenvalue weighted by atomic mass is 16.5. The number of hydrogen-bond donors (Lipinski definition) is 0. The van der Waals surface area contributed by atoms with E-state index in [0.29, 0.717) is 22.9 Å². The van der Waals surface area contributed by atoms with Gasteiger partial charge in [0.15, 0.2) is 0 Å². The molecule has 1 radical (unpaired) electrons.